The number of nitrogens with two attached hydrogens (primary N) is 1. The maximum absolute atomic E-state index is 11.9. The SMILES string of the molecule is Cc1cc(=O)c(C(=O)Nc2nc(C(C)N)cs2)c[nH]1. The van der Waals surface area contributed by atoms with Crippen LogP contribution in [0.15, 0.2) is 22.4 Å². The first-order valence-electron chi connectivity index (χ1n) is 5.69. The first-order chi connectivity index (χ1) is 8.97. The summed E-state index contributed by atoms with van der Waals surface area (Å²) >= 11 is 1.27. The Kier molecular flexibility index (Phi) is 3.77. The molecule has 1 amide bonds. The third-order valence-corrected chi connectivity index (χ3v) is 3.29. The molecule has 0 spiro atoms. The topological polar surface area (TPSA) is 101 Å². The summed E-state index contributed by atoms with van der Waals surface area (Å²) in [6.45, 7) is 3.56. The summed E-state index contributed by atoms with van der Waals surface area (Å²) in [6, 6.07) is 1.19. The molecule has 2 aromatic rings. The van der Waals surface area contributed by atoms with E-state index in [1.54, 1.807) is 12.3 Å². The van der Waals surface area contributed by atoms with E-state index in [0.29, 0.717) is 16.5 Å². The van der Waals surface area contributed by atoms with Crippen LogP contribution in [0.5, 0.6) is 0 Å². The number of aromatic nitrogens is 2. The zero-order valence-electron chi connectivity index (χ0n) is 10.6. The minimum Gasteiger partial charge on any atom is -0.364 e. The maximum Gasteiger partial charge on any atom is 0.262 e. The minimum absolute atomic E-state index is 0.0585. The lowest BCUT2D eigenvalue weighted by Gasteiger charge is -2.02. The van der Waals surface area contributed by atoms with Crippen molar-refractivity contribution in [2.45, 2.75) is 19.9 Å². The number of nitrogens with zero attached hydrogens (tertiary/aromatic N) is 1. The van der Waals surface area contributed by atoms with E-state index in [9.17, 15) is 9.59 Å². The molecule has 0 aliphatic carbocycles. The number of hydrogen-bond acceptors (Lipinski definition) is 5. The summed E-state index contributed by atoms with van der Waals surface area (Å²) in [5.41, 5.74) is 6.83. The van der Waals surface area contributed by atoms with Gasteiger partial charge in [-0.25, -0.2) is 4.98 Å². The molecule has 1 atom stereocenters. The van der Waals surface area contributed by atoms with Gasteiger partial charge in [0.05, 0.1) is 5.69 Å². The Bertz CT molecular complexity index is 660. The van der Waals surface area contributed by atoms with Crippen LogP contribution in [0.2, 0.25) is 0 Å². The molecule has 0 fully saturated rings. The lowest BCUT2D eigenvalue weighted by molar-refractivity contribution is 0.102. The maximum atomic E-state index is 11.9. The van der Waals surface area contributed by atoms with Gasteiger partial charge >= 0.3 is 0 Å². The first kappa shape index (κ1) is 13.4. The molecule has 2 rings (SSSR count). The largest absolute Gasteiger partial charge is 0.364 e. The van der Waals surface area contributed by atoms with Gasteiger partial charge in [-0.15, -0.1) is 11.3 Å². The molecule has 2 aromatic heterocycles. The van der Waals surface area contributed by atoms with E-state index < -0.39 is 5.91 Å². The Labute approximate surface area is 113 Å². The lowest BCUT2D eigenvalue weighted by Crippen LogP contribution is -2.21. The quantitative estimate of drug-likeness (QED) is 0.790. The third-order valence-electron chi connectivity index (χ3n) is 2.51. The second kappa shape index (κ2) is 5.33. The van der Waals surface area contributed by atoms with Crippen molar-refractivity contribution >= 4 is 22.4 Å². The molecule has 0 bridgehead atoms. The van der Waals surface area contributed by atoms with Gasteiger partial charge in [-0.3, -0.25) is 14.9 Å². The molecule has 0 aliphatic rings. The number of carbonyl (C=O) groups excluding carboxylic acids is 1. The molecule has 7 heteroatoms. The highest BCUT2D eigenvalue weighted by molar-refractivity contribution is 7.14. The second-order valence-electron chi connectivity index (χ2n) is 4.21. The van der Waals surface area contributed by atoms with E-state index in [-0.39, 0.29) is 17.0 Å². The number of rotatable bonds is 3. The van der Waals surface area contributed by atoms with Crippen LogP contribution in [0.25, 0.3) is 0 Å². The van der Waals surface area contributed by atoms with Gasteiger partial charge in [0, 0.05) is 29.4 Å². The molecule has 0 saturated heterocycles. The average molecular weight is 278 g/mol. The number of carbonyl (C=O) groups is 1. The number of aromatic amines is 1. The Hall–Kier alpha value is -1.99. The number of amides is 1. The van der Waals surface area contributed by atoms with Gasteiger partial charge in [0.25, 0.3) is 5.91 Å². The van der Waals surface area contributed by atoms with Gasteiger partial charge in [-0.2, -0.15) is 0 Å². The lowest BCUT2D eigenvalue weighted by atomic mass is 10.2. The van der Waals surface area contributed by atoms with Gasteiger partial charge in [-0.1, -0.05) is 0 Å². The summed E-state index contributed by atoms with van der Waals surface area (Å²) < 4.78 is 0. The van der Waals surface area contributed by atoms with Crippen molar-refractivity contribution in [2.24, 2.45) is 5.73 Å². The molecular weight excluding hydrogens is 264 g/mol. The van der Waals surface area contributed by atoms with Crippen LogP contribution in [-0.2, 0) is 0 Å². The van der Waals surface area contributed by atoms with Crippen LogP contribution in [0.1, 0.15) is 34.7 Å². The fourth-order valence-corrected chi connectivity index (χ4v) is 2.28. The van der Waals surface area contributed by atoms with Gasteiger partial charge in [0.2, 0.25) is 0 Å². The molecule has 6 nitrogen and oxygen atoms in total. The molecule has 0 saturated carbocycles. The van der Waals surface area contributed by atoms with Crippen LogP contribution in [0, 0.1) is 6.92 Å². The Morgan fingerprint density at radius 3 is 2.89 bits per heavy atom. The van der Waals surface area contributed by atoms with E-state index in [4.69, 9.17) is 5.73 Å². The number of nitrogens with one attached hydrogen (secondary N) is 2. The van der Waals surface area contributed by atoms with Crippen molar-refractivity contribution in [1.29, 1.82) is 0 Å². The van der Waals surface area contributed by atoms with E-state index in [1.807, 2.05) is 6.92 Å². The second-order valence-corrected chi connectivity index (χ2v) is 5.07. The number of aryl methyl sites for hydroxylation is 1. The number of pyridine rings is 1. The minimum atomic E-state index is -0.480. The van der Waals surface area contributed by atoms with Crippen molar-refractivity contribution in [1.82, 2.24) is 9.97 Å². The fraction of sp³-hybridized carbons (Fsp3) is 0.250. The predicted molar refractivity (Wildman–Crippen MR) is 74.5 cm³/mol. The molecule has 2 heterocycles. The predicted octanol–water partition coefficient (Wildman–Crippen LogP) is 1.41. The van der Waals surface area contributed by atoms with Crippen molar-refractivity contribution in [3.8, 4) is 0 Å². The highest BCUT2D eigenvalue weighted by Gasteiger charge is 2.13. The van der Waals surface area contributed by atoms with Crippen LogP contribution in [-0.4, -0.2) is 15.9 Å². The monoisotopic (exact) mass is 278 g/mol. The Morgan fingerprint density at radius 2 is 2.32 bits per heavy atom. The molecule has 100 valence electrons. The first-order valence-corrected chi connectivity index (χ1v) is 6.57. The fourth-order valence-electron chi connectivity index (χ4n) is 1.47. The molecule has 0 radical (unpaired) electrons. The smallest absolute Gasteiger partial charge is 0.262 e. The number of thiazole rings is 1. The Morgan fingerprint density at radius 1 is 1.58 bits per heavy atom. The number of H-pyrrole nitrogens is 1. The van der Waals surface area contributed by atoms with Crippen LogP contribution >= 0.6 is 11.3 Å². The summed E-state index contributed by atoms with van der Waals surface area (Å²) in [7, 11) is 0. The summed E-state index contributed by atoms with van der Waals surface area (Å²) in [5, 5.41) is 4.79. The van der Waals surface area contributed by atoms with Crippen molar-refractivity contribution in [3.63, 3.8) is 0 Å². The molecule has 0 aliphatic heterocycles. The zero-order valence-corrected chi connectivity index (χ0v) is 11.4. The van der Waals surface area contributed by atoms with Crippen molar-refractivity contribution < 1.29 is 4.79 Å². The standard InChI is InChI=1S/C12H14N4O2S/c1-6-3-10(17)8(4-14-6)11(18)16-12-15-9(5-19-12)7(2)13/h3-5,7H,13H2,1-2H3,(H,14,17)(H,15,16,18). The molecule has 19 heavy (non-hydrogen) atoms. The van der Waals surface area contributed by atoms with E-state index in [0.717, 1.165) is 0 Å². The zero-order chi connectivity index (χ0) is 14.0. The molecule has 4 N–H and O–H groups in total. The van der Waals surface area contributed by atoms with E-state index >= 15 is 0 Å². The van der Waals surface area contributed by atoms with Gasteiger partial charge in [-0.05, 0) is 13.8 Å². The molecular formula is C12H14N4O2S. The van der Waals surface area contributed by atoms with Crippen LogP contribution < -0.4 is 16.5 Å². The summed E-state index contributed by atoms with van der Waals surface area (Å²) in [6.07, 6.45) is 1.40. The van der Waals surface area contributed by atoms with Crippen LogP contribution in [0.3, 0.4) is 0 Å². The number of hydrogen-bond donors (Lipinski definition) is 3. The average Bonchev–Trinajstić information content (AvgIpc) is 2.77. The molecule has 0 aromatic carbocycles. The number of anilines is 1. The third kappa shape index (κ3) is 3.07. The van der Waals surface area contributed by atoms with Gasteiger partial charge in [0.15, 0.2) is 10.6 Å². The highest BCUT2D eigenvalue weighted by Crippen LogP contribution is 2.19. The molecule has 1 unspecified atom stereocenters. The van der Waals surface area contributed by atoms with Gasteiger partial charge < -0.3 is 10.7 Å². The van der Waals surface area contributed by atoms with Crippen molar-refractivity contribution in [2.75, 3.05) is 5.32 Å². The highest BCUT2D eigenvalue weighted by atomic mass is 32.1. The van der Waals surface area contributed by atoms with E-state index in [2.05, 4.69) is 15.3 Å². The Balaban J connectivity index is 2.18. The van der Waals surface area contributed by atoms with Crippen molar-refractivity contribution in [3.05, 3.63) is 44.8 Å². The summed E-state index contributed by atoms with van der Waals surface area (Å²) in [5.74, 6) is -0.480. The summed E-state index contributed by atoms with van der Waals surface area (Å²) in [4.78, 5) is 30.6. The van der Waals surface area contributed by atoms with E-state index in [1.165, 1.54) is 23.6 Å². The normalized spacial score (nSPS) is 12.2. The van der Waals surface area contributed by atoms with Crippen LogP contribution in [0.4, 0.5) is 5.13 Å². The van der Waals surface area contributed by atoms with Gasteiger partial charge in [0.1, 0.15) is 5.56 Å².